The van der Waals surface area contributed by atoms with E-state index in [1.807, 2.05) is 30.3 Å². The first-order valence-electron chi connectivity index (χ1n) is 5.78. The van der Waals surface area contributed by atoms with E-state index in [-0.39, 0.29) is 38.4 Å². The van der Waals surface area contributed by atoms with Crippen LogP contribution in [0.25, 0.3) is 0 Å². The van der Waals surface area contributed by atoms with Gasteiger partial charge in [0.15, 0.2) is 0 Å². The summed E-state index contributed by atoms with van der Waals surface area (Å²) < 4.78 is 0. The van der Waals surface area contributed by atoms with Gasteiger partial charge in [-0.15, -0.1) is 0 Å². The van der Waals surface area contributed by atoms with Gasteiger partial charge in [-0.1, -0.05) is 30.3 Å². The van der Waals surface area contributed by atoms with E-state index < -0.39 is 5.97 Å². The van der Waals surface area contributed by atoms with Crippen LogP contribution in [-0.4, -0.2) is 46.7 Å². The van der Waals surface area contributed by atoms with Gasteiger partial charge in [0, 0.05) is 13.1 Å². The molecular formula is C13H17NO4. The average Bonchev–Trinajstić information content (AvgIpc) is 2.35. The van der Waals surface area contributed by atoms with Crippen molar-refractivity contribution in [1.82, 2.24) is 4.90 Å². The van der Waals surface area contributed by atoms with Gasteiger partial charge in [-0.3, -0.25) is 9.59 Å². The van der Waals surface area contributed by atoms with Gasteiger partial charge in [-0.05, 0) is 5.56 Å². The van der Waals surface area contributed by atoms with E-state index in [0.717, 1.165) is 5.56 Å². The van der Waals surface area contributed by atoms with Crippen LogP contribution in [0, 0.1) is 0 Å². The first-order chi connectivity index (χ1) is 8.63. The Hall–Kier alpha value is -1.88. The number of aliphatic hydroxyl groups excluding tert-OH is 1. The third kappa shape index (κ3) is 4.97. The number of carboxylic acid groups (broad SMARTS) is 1. The van der Waals surface area contributed by atoms with Crippen molar-refractivity contribution >= 4 is 11.9 Å². The molecule has 0 spiro atoms. The Labute approximate surface area is 106 Å². The summed E-state index contributed by atoms with van der Waals surface area (Å²) in [5, 5.41) is 17.5. The maximum atomic E-state index is 11.9. The third-order valence-corrected chi connectivity index (χ3v) is 2.52. The predicted octanol–water partition coefficient (Wildman–Crippen LogP) is 0.525. The van der Waals surface area contributed by atoms with E-state index in [2.05, 4.69) is 0 Å². The molecule has 98 valence electrons. The molecule has 5 nitrogen and oxygen atoms in total. The van der Waals surface area contributed by atoms with Crippen LogP contribution in [0.4, 0.5) is 0 Å². The predicted molar refractivity (Wildman–Crippen MR) is 66.1 cm³/mol. The summed E-state index contributed by atoms with van der Waals surface area (Å²) >= 11 is 0. The summed E-state index contributed by atoms with van der Waals surface area (Å²) in [7, 11) is 0. The zero-order valence-electron chi connectivity index (χ0n) is 10.1. The van der Waals surface area contributed by atoms with E-state index in [9.17, 15) is 9.59 Å². The number of hydrogen-bond donors (Lipinski definition) is 2. The number of carbonyl (C=O) groups is 2. The normalized spacial score (nSPS) is 10.1. The van der Waals surface area contributed by atoms with Gasteiger partial charge < -0.3 is 15.1 Å². The van der Waals surface area contributed by atoms with Gasteiger partial charge in [0.2, 0.25) is 5.91 Å². The van der Waals surface area contributed by atoms with E-state index in [0.29, 0.717) is 0 Å². The summed E-state index contributed by atoms with van der Waals surface area (Å²) in [5.74, 6) is -1.12. The Morgan fingerprint density at radius 3 is 2.33 bits per heavy atom. The summed E-state index contributed by atoms with van der Waals surface area (Å²) in [6, 6.07) is 9.23. The van der Waals surface area contributed by atoms with Crippen LogP contribution in [-0.2, 0) is 16.0 Å². The minimum absolute atomic E-state index is 0.111. The molecule has 1 aromatic rings. The first kappa shape index (κ1) is 14.2. The monoisotopic (exact) mass is 251 g/mol. The molecular weight excluding hydrogens is 234 g/mol. The first-order valence-corrected chi connectivity index (χ1v) is 5.78. The van der Waals surface area contributed by atoms with Crippen LogP contribution in [0.3, 0.4) is 0 Å². The summed E-state index contributed by atoms with van der Waals surface area (Å²) in [4.78, 5) is 23.8. The highest BCUT2D eigenvalue weighted by atomic mass is 16.4. The third-order valence-electron chi connectivity index (χ3n) is 2.52. The highest BCUT2D eigenvalue weighted by Gasteiger charge is 2.14. The lowest BCUT2D eigenvalue weighted by Crippen LogP contribution is -2.36. The van der Waals surface area contributed by atoms with Crippen molar-refractivity contribution < 1.29 is 19.8 Å². The fraction of sp³-hybridized carbons (Fsp3) is 0.385. The highest BCUT2D eigenvalue weighted by Crippen LogP contribution is 2.03. The number of benzene rings is 1. The van der Waals surface area contributed by atoms with Gasteiger partial charge in [0.25, 0.3) is 0 Å². The van der Waals surface area contributed by atoms with Crippen molar-refractivity contribution in [2.75, 3.05) is 19.7 Å². The Morgan fingerprint density at radius 1 is 1.11 bits per heavy atom. The quantitative estimate of drug-likeness (QED) is 0.740. The summed E-state index contributed by atoms with van der Waals surface area (Å²) in [6.45, 7) is 0.126. The van der Waals surface area contributed by atoms with Crippen LogP contribution in [0.5, 0.6) is 0 Å². The summed E-state index contributed by atoms with van der Waals surface area (Å²) in [6.07, 6.45) is 0.112. The fourth-order valence-electron chi connectivity index (χ4n) is 1.59. The molecule has 18 heavy (non-hydrogen) atoms. The number of nitrogens with zero attached hydrogens (tertiary/aromatic N) is 1. The maximum Gasteiger partial charge on any atom is 0.305 e. The lowest BCUT2D eigenvalue weighted by Gasteiger charge is -2.20. The number of aliphatic carboxylic acids is 1. The topological polar surface area (TPSA) is 77.8 Å². The van der Waals surface area contributed by atoms with Crippen LogP contribution in [0.15, 0.2) is 30.3 Å². The Kier molecular flexibility index (Phi) is 5.87. The molecule has 0 heterocycles. The number of hydrogen-bond acceptors (Lipinski definition) is 3. The Balaban J connectivity index is 2.56. The van der Waals surface area contributed by atoms with Crippen molar-refractivity contribution in [2.45, 2.75) is 12.8 Å². The number of amides is 1. The molecule has 2 N–H and O–H groups in total. The van der Waals surface area contributed by atoms with Crippen LogP contribution < -0.4 is 0 Å². The minimum Gasteiger partial charge on any atom is -0.481 e. The molecule has 0 aliphatic heterocycles. The van der Waals surface area contributed by atoms with Crippen LogP contribution in [0.1, 0.15) is 12.0 Å². The van der Waals surface area contributed by atoms with Gasteiger partial charge in [-0.2, -0.15) is 0 Å². The molecule has 0 fully saturated rings. The molecule has 1 amide bonds. The second-order valence-electron chi connectivity index (χ2n) is 3.91. The number of aliphatic hydroxyl groups is 1. The molecule has 0 radical (unpaired) electrons. The average molecular weight is 251 g/mol. The van der Waals surface area contributed by atoms with Crippen molar-refractivity contribution in [2.24, 2.45) is 0 Å². The van der Waals surface area contributed by atoms with Crippen molar-refractivity contribution in [3.63, 3.8) is 0 Å². The lowest BCUT2D eigenvalue weighted by molar-refractivity contribution is -0.138. The fourth-order valence-corrected chi connectivity index (χ4v) is 1.59. The van der Waals surface area contributed by atoms with Crippen LogP contribution in [0.2, 0.25) is 0 Å². The molecule has 0 saturated heterocycles. The zero-order valence-corrected chi connectivity index (χ0v) is 10.1. The number of carboxylic acids is 1. The molecule has 0 unspecified atom stereocenters. The summed E-state index contributed by atoms with van der Waals surface area (Å²) in [5.41, 5.74) is 0.876. The smallest absolute Gasteiger partial charge is 0.305 e. The van der Waals surface area contributed by atoms with Gasteiger partial charge in [0.1, 0.15) is 0 Å². The molecule has 5 heteroatoms. The molecule has 0 aromatic heterocycles. The second-order valence-corrected chi connectivity index (χ2v) is 3.91. The van der Waals surface area contributed by atoms with Gasteiger partial charge in [-0.25, -0.2) is 0 Å². The molecule has 1 aromatic carbocycles. The number of carbonyl (C=O) groups excluding carboxylic acids is 1. The lowest BCUT2D eigenvalue weighted by atomic mass is 10.1. The van der Waals surface area contributed by atoms with E-state index in [1.54, 1.807) is 0 Å². The van der Waals surface area contributed by atoms with Gasteiger partial charge in [0.05, 0.1) is 19.4 Å². The van der Waals surface area contributed by atoms with E-state index in [1.165, 1.54) is 4.90 Å². The molecule has 0 aliphatic carbocycles. The van der Waals surface area contributed by atoms with Crippen molar-refractivity contribution in [3.8, 4) is 0 Å². The number of rotatable bonds is 7. The Morgan fingerprint density at radius 2 is 1.78 bits per heavy atom. The largest absolute Gasteiger partial charge is 0.481 e. The Bertz CT molecular complexity index is 391. The highest BCUT2D eigenvalue weighted by molar-refractivity contribution is 5.79. The van der Waals surface area contributed by atoms with Gasteiger partial charge >= 0.3 is 5.97 Å². The molecule has 0 bridgehead atoms. The minimum atomic E-state index is -0.953. The van der Waals surface area contributed by atoms with E-state index in [4.69, 9.17) is 10.2 Å². The molecule has 0 saturated carbocycles. The standard InChI is InChI=1S/C13H17NO4/c15-9-8-14(7-6-13(17)18)12(16)10-11-4-2-1-3-5-11/h1-5,15H,6-10H2,(H,17,18). The van der Waals surface area contributed by atoms with Crippen molar-refractivity contribution in [1.29, 1.82) is 0 Å². The molecule has 0 atom stereocenters. The molecule has 1 rings (SSSR count). The second kappa shape index (κ2) is 7.45. The van der Waals surface area contributed by atoms with Crippen LogP contribution >= 0.6 is 0 Å². The SMILES string of the molecule is O=C(O)CCN(CCO)C(=O)Cc1ccccc1. The maximum absolute atomic E-state index is 11.9. The zero-order chi connectivity index (χ0) is 13.4. The molecule has 0 aliphatic rings. The van der Waals surface area contributed by atoms with E-state index >= 15 is 0 Å². The van der Waals surface area contributed by atoms with Crippen molar-refractivity contribution in [3.05, 3.63) is 35.9 Å².